The van der Waals surface area contributed by atoms with Crippen LogP contribution in [0.3, 0.4) is 0 Å². The molecule has 60 heavy (non-hydrogen) atoms. The molecule has 0 aliphatic heterocycles. The van der Waals surface area contributed by atoms with E-state index in [-0.39, 0.29) is 17.9 Å². The number of hydrogen-bond acceptors (Lipinski definition) is 3. The summed E-state index contributed by atoms with van der Waals surface area (Å²) >= 11 is 1.99. The van der Waals surface area contributed by atoms with E-state index in [1.165, 1.54) is 81.8 Å². The lowest BCUT2D eigenvalue weighted by Crippen LogP contribution is -2.35. The maximum absolute atomic E-state index is 3.55. The third-order valence-corrected chi connectivity index (χ3v) is 14.9. The average molecular weight is 789 g/mol. The second-order valence-corrected chi connectivity index (χ2v) is 18.1. The van der Waals surface area contributed by atoms with Crippen LogP contribution in [0.25, 0.3) is 31.3 Å². The fourth-order valence-electron chi connectivity index (χ4n) is 11.1. The molecule has 4 aliphatic rings. The van der Waals surface area contributed by atoms with Crippen LogP contribution in [-0.2, 0) is 5.41 Å². The first-order chi connectivity index (χ1) is 29.6. The van der Waals surface area contributed by atoms with Gasteiger partial charge in [-0.25, -0.2) is 0 Å². The number of fused-ring (bicyclic) bond motifs is 14. The monoisotopic (exact) mass is 788 g/mol. The zero-order valence-corrected chi connectivity index (χ0v) is 34.7. The first kappa shape index (κ1) is 35.4. The molecule has 2 nitrogen and oxygen atoms in total. The van der Waals surface area contributed by atoms with E-state index in [0.717, 1.165) is 30.6 Å². The number of benzene rings is 7. The summed E-state index contributed by atoms with van der Waals surface area (Å²) in [7, 11) is 0. The van der Waals surface area contributed by atoms with E-state index in [4.69, 9.17) is 0 Å². The van der Waals surface area contributed by atoms with Gasteiger partial charge in [0.1, 0.15) is 0 Å². The number of thiophene rings is 1. The molecular weight excluding hydrogens is 745 g/mol. The Labute approximate surface area is 356 Å². The molecule has 288 valence electrons. The standard InChI is InChI=1S/C57H44N2S/c1-37-25-29-41(30-26-37)58(39-15-5-3-6-16-39)43-33-34-46-50(35-43)57(48-22-12-9-19-44(48)45-20-10-13-23-49(45)57)51-36-52(55-47-21-11-14-24-53(47)60-56(55)54(46)51)59(40-17-7-4-8-18-40)42-31-27-38(2)28-32-42/h3,5-6,9-16,19-36,40,46,50H,7,17-18H2,1-2H3. The van der Waals surface area contributed by atoms with E-state index in [9.17, 15) is 0 Å². The van der Waals surface area contributed by atoms with Gasteiger partial charge >= 0.3 is 0 Å². The van der Waals surface area contributed by atoms with Gasteiger partial charge in [0.15, 0.2) is 0 Å². The van der Waals surface area contributed by atoms with Crippen LogP contribution < -0.4 is 9.80 Å². The van der Waals surface area contributed by atoms with E-state index in [0.29, 0.717) is 0 Å². The molecule has 0 N–H and O–H groups in total. The van der Waals surface area contributed by atoms with Crippen LogP contribution in [0.5, 0.6) is 0 Å². The largest absolute Gasteiger partial charge is 0.337 e. The highest BCUT2D eigenvalue weighted by atomic mass is 32.1. The van der Waals surface area contributed by atoms with E-state index in [2.05, 4.69) is 211 Å². The number of aryl methyl sites for hydroxylation is 2. The van der Waals surface area contributed by atoms with Crippen molar-refractivity contribution in [3.05, 3.63) is 215 Å². The van der Waals surface area contributed by atoms with Crippen LogP contribution in [-0.4, -0.2) is 6.04 Å². The predicted octanol–water partition coefficient (Wildman–Crippen LogP) is 14.7. The minimum Gasteiger partial charge on any atom is -0.337 e. The lowest BCUT2D eigenvalue weighted by molar-refractivity contribution is 0.463. The summed E-state index contributed by atoms with van der Waals surface area (Å²) in [4.78, 5) is 5.14. The zero-order valence-electron chi connectivity index (χ0n) is 33.9. The minimum absolute atomic E-state index is 0.117. The lowest BCUT2D eigenvalue weighted by atomic mass is 9.65. The first-order valence-corrected chi connectivity index (χ1v) is 22.2. The molecule has 0 bridgehead atoms. The third-order valence-electron chi connectivity index (χ3n) is 13.7. The summed E-state index contributed by atoms with van der Waals surface area (Å²) in [6.45, 7) is 4.36. The summed E-state index contributed by atoms with van der Waals surface area (Å²) in [5, 5.41) is 2.71. The summed E-state index contributed by atoms with van der Waals surface area (Å²) in [5.74, 6) is 7.26. The maximum Gasteiger partial charge on any atom is 0.0539 e. The van der Waals surface area contributed by atoms with Crippen molar-refractivity contribution in [2.75, 3.05) is 9.80 Å². The van der Waals surface area contributed by atoms with Gasteiger partial charge in [0.2, 0.25) is 0 Å². The molecule has 8 aromatic rings. The summed E-state index contributed by atoms with van der Waals surface area (Å²) < 4.78 is 2.75. The molecule has 0 amide bonds. The Morgan fingerprint density at radius 1 is 0.633 bits per heavy atom. The Balaban J connectivity index is 1.19. The van der Waals surface area contributed by atoms with Gasteiger partial charge in [0, 0.05) is 73.7 Å². The van der Waals surface area contributed by atoms with Gasteiger partial charge in [-0.1, -0.05) is 132 Å². The molecule has 12 rings (SSSR count). The van der Waals surface area contributed by atoms with Crippen molar-refractivity contribution in [2.24, 2.45) is 5.92 Å². The Morgan fingerprint density at radius 3 is 1.97 bits per heavy atom. The summed E-state index contributed by atoms with van der Waals surface area (Å²) in [6, 6.07) is 59.7. The van der Waals surface area contributed by atoms with E-state index in [1.807, 2.05) is 11.3 Å². The van der Waals surface area contributed by atoms with E-state index < -0.39 is 5.41 Å². The van der Waals surface area contributed by atoms with Gasteiger partial charge in [-0.3, -0.25) is 0 Å². The predicted molar refractivity (Wildman–Crippen MR) is 253 cm³/mol. The van der Waals surface area contributed by atoms with Crippen LogP contribution in [0.15, 0.2) is 182 Å². The number of rotatable bonds is 6. The van der Waals surface area contributed by atoms with Gasteiger partial charge in [-0.15, -0.1) is 23.2 Å². The van der Waals surface area contributed by atoms with Crippen molar-refractivity contribution in [2.45, 2.75) is 50.5 Å². The number of nitrogens with zero attached hydrogens (tertiary/aromatic N) is 2. The van der Waals surface area contributed by atoms with Crippen LogP contribution in [0.4, 0.5) is 22.7 Å². The average Bonchev–Trinajstić information content (AvgIpc) is 3.93. The van der Waals surface area contributed by atoms with Crippen molar-refractivity contribution in [1.82, 2.24) is 0 Å². The van der Waals surface area contributed by atoms with Gasteiger partial charge in [0.05, 0.1) is 11.1 Å². The highest BCUT2D eigenvalue weighted by Crippen LogP contribution is 2.68. The molecule has 7 aromatic carbocycles. The molecule has 0 saturated carbocycles. The van der Waals surface area contributed by atoms with Crippen LogP contribution in [0.1, 0.15) is 58.6 Å². The molecule has 0 saturated heterocycles. The van der Waals surface area contributed by atoms with Crippen LogP contribution in [0, 0.1) is 31.6 Å². The van der Waals surface area contributed by atoms with Gasteiger partial charge < -0.3 is 9.80 Å². The Bertz CT molecular complexity index is 3070. The summed E-state index contributed by atoms with van der Waals surface area (Å²) in [5.41, 5.74) is 16.6. The second kappa shape index (κ2) is 13.7. The maximum atomic E-state index is 3.55. The Kier molecular flexibility index (Phi) is 8.09. The highest BCUT2D eigenvalue weighted by Gasteiger charge is 2.58. The second-order valence-electron chi connectivity index (χ2n) is 17.0. The van der Waals surface area contributed by atoms with Crippen molar-refractivity contribution in [3.63, 3.8) is 0 Å². The van der Waals surface area contributed by atoms with Crippen LogP contribution in [0.2, 0.25) is 0 Å². The van der Waals surface area contributed by atoms with E-state index >= 15 is 0 Å². The molecule has 0 fully saturated rings. The Hall–Kier alpha value is -6.60. The molecule has 1 aromatic heterocycles. The number of para-hydroxylation sites is 1. The topological polar surface area (TPSA) is 6.48 Å². The van der Waals surface area contributed by atoms with Crippen molar-refractivity contribution < 1.29 is 0 Å². The highest BCUT2D eigenvalue weighted by molar-refractivity contribution is 7.26. The van der Waals surface area contributed by atoms with Gasteiger partial charge in [0.25, 0.3) is 0 Å². The lowest BCUT2D eigenvalue weighted by Gasteiger charge is -2.39. The molecule has 4 aliphatic carbocycles. The number of allylic oxidation sites excluding steroid dienone is 3. The third kappa shape index (κ3) is 5.14. The smallest absolute Gasteiger partial charge is 0.0539 e. The molecule has 1 spiro atoms. The summed E-state index contributed by atoms with van der Waals surface area (Å²) in [6.07, 6.45) is 10.4. The van der Waals surface area contributed by atoms with E-state index in [1.54, 1.807) is 0 Å². The van der Waals surface area contributed by atoms with Gasteiger partial charge in [-0.2, -0.15) is 0 Å². The van der Waals surface area contributed by atoms with Crippen molar-refractivity contribution >= 4 is 54.3 Å². The fourth-order valence-corrected chi connectivity index (χ4v) is 12.5. The molecule has 1 heterocycles. The zero-order chi connectivity index (χ0) is 40.0. The first-order valence-electron chi connectivity index (χ1n) is 21.4. The molecule has 3 heteroatoms. The molecular formula is C57H44N2S. The minimum atomic E-state index is -0.427. The van der Waals surface area contributed by atoms with Gasteiger partial charge in [-0.05, 0) is 108 Å². The number of anilines is 4. The molecule has 3 atom stereocenters. The quantitative estimate of drug-likeness (QED) is 0.155. The number of hydrogen-bond donors (Lipinski definition) is 0. The normalized spacial score (nSPS) is 19.0. The Morgan fingerprint density at radius 2 is 1.27 bits per heavy atom. The van der Waals surface area contributed by atoms with Crippen molar-refractivity contribution in [1.29, 1.82) is 0 Å². The SMILES string of the molecule is Cc1ccc(N(C2=CC3C(C=C2)c2c(cc(N(c4ccc(C)cc4)C4CC#CCC4)c4c2sc2ccccc24)C32c3ccccc3-c3ccccc32)c2ccccc2)cc1. The fraction of sp³-hybridized carbons (Fsp3) is 0.158. The molecule has 0 radical (unpaired) electrons. The molecule has 3 unspecified atom stereocenters. The van der Waals surface area contributed by atoms with Crippen LogP contribution >= 0.6 is 11.3 Å². The van der Waals surface area contributed by atoms with Crippen molar-refractivity contribution in [3.8, 4) is 23.0 Å².